The molecule has 0 aliphatic carbocycles. The molecule has 2 amide bonds. The van der Waals surface area contributed by atoms with Crippen molar-refractivity contribution in [2.24, 2.45) is 0 Å². The predicted molar refractivity (Wildman–Crippen MR) is 125 cm³/mol. The second-order valence-corrected chi connectivity index (χ2v) is 8.45. The number of aromatic nitrogens is 3. The van der Waals surface area contributed by atoms with Crippen LogP contribution in [-0.2, 0) is 22.3 Å². The van der Waals surface area contributed by atoms with Crippen molar-refractivity contribution in [2.75, 3.05) is 25.6 Å². The van der Waals surface area contributed by atoms with E-state index in [1.807, 2.05) is 0 Å². The molecule has 1 fully saturated rings. The molecule has 3 N–H and O–H groups in total. The van der Waals surface area contributed by atoms with Gasteiger partial charge in [-0.15, -0.1) is 0 Å². The summed E-state index contributed by atoms with van der Waals surface area (Å²) in [5.41, 5.74) is -3.49. The van der Waals surface area contributed by atoms with Gasteiger partial charge in [0.15, 0.2) is 0 Å². The zero-order valence-corrected chi connectivity index (χ0v) is 20.2. The van der Waals surface area contributed by atoms with E-state index in [0.717, 1.165) is 24.4 Å². The monoisotopic (exact) mass is 552 g/mol. The van der Waals surface area contributed by atoms with E-state index in [0.29, 0.717) is 6.07 Å². The third kappa shape index (κ3) is 6.37. The normalized spacial score (nSPS) is 17.0. The standard InChI is InChI=1S/C24H21F5N6O4/c1-38-22-32-8-13(9-33-22)20(36)35-23(4-5-39-12-23)21(37)31-11-19-17(26)7-15(10-30-19)34-18-3-2-14(25)6-16(18)24(27,28)29/h2-3,6-10,34H,4-5,11-12H2,1H3,(H,31,37)(H,35,36). The minimum absolute atomic E-state index is 0.0532. The van der Waals surface area contributed by atoms with Gasteiger partial charge in [-0.2, -0.15) is 13.2 Å². The Kier molecular flexibility index (Phi) is 7.90. The van der Waals surface area contributed by atoms with Crippen LogP contribution in [0.2, 0.25) is 0 Å². The third-order valence-corrected chi connectivity index (χ3v) is 5.78. The van der Waals surface area contributed by atoms with Gasteiger partial charge in [-0.3, -0.25) is 14.6 Å². The van der Waals surface area contributed by atoms with Crippen LogP contribution in [0.1, 0.15) is 28.0 Å². The number of anilines is 2. The van der Waals surface area contributed by atoms with E-state index < -0.39 is 53.0 Å². The molecule has 1 unspecified atom stereocenters. The van der Waals surface area contributed by atoms with E-state index in [1.165, 1.54) is 19.5 Å². The van der Waals surface area contributed by atoms with Crippen LogP contribution in [0.4, 0.5) is 33.3 Å². The largest absolute Gasteiger partial charge is 0.467 e. The predicted octanol–water partition coefficient (Wildman–Crippen LogP) is 3.13. The molecule has 4 rings (SSSR count). The Morgan fingerprint density at radius 2 is 1.85 bits per heavy atom. The summed E-state index contributed by atoms with van der Waals surface area (Å²) < 4.78 is 77.9. The highest BCUT2D eigenvalue weighted by Crippen LogP contribution is 2.36. The number of amides is 2. The fraction of sp³-hybridized carbons (Fsp3) is 0.292. The summed E-state index contributed by atoms with van der Waals surface area (Å²) in [6.45, 7) is -0.346. The number of carbonyl (C=O) groups is 2. The lowest BCUT2D eigenvalue weighted by atomic mass is 9.96. The molecule has 39 heavy (non-hydrogen) atoms. The summed E-state index contributed by atoms with van der Waals surface area (Å²) in [7, 11) is 1.36. The summed E-state index contributed by atoms with van der Waals surface area (Å²) in [4.78, 5) is 37.3. The second-order valence-electron chi connectivity index (χ2n) is 8.45. The molecule has 15 heteroatoms. The van der Waals surface area contributed by atoms with Crippen LogP contribution in [0, 0.1) is 11.6 Å². The smallest absolute Gasteiger partial charge is 0.418 e. The van der Waals surface area contributed by atoms with Gasteiger partial charge in [0.1, 0.15) is 17.2 Å². The van der Waals surface area contributed by atoms with Crippen LogP contribution in [0.15, 0.2) is 42.9 Å². The number of pyridine rings is 1. The molecule has 0 bridgehead atoms. The molecule has 1 aliphatic rings. The minimum Gasteiger partial charge on any atom is -0.467 e. The molecule has 1 atom stereocenters. The molecule has 0 spiro atoms. The fourth-order valence-electron chi connectivity index (χ4n) is 3.74. The second kappa shape index (κ2) is 11.1. The van der Waals surface area contributed by atoms with Crippen molar-refractivity contribution in [3.05, 3.63) is 71.3 Å². The molecule has 3 aromatic rings. The molecule has 0 radical (unpaired) electrons. The van der Waals surface area contributed by atoms with Gasteiger partial charge in [0.05, 0.1) is 54.7 Å². The SMILES string of the molecule is COc1ncc(C(=O)NC2(C(=O)NCc3ncc(Nc4ccc(F)cc4C(F)(F)F)cc3F)CCOC2)cn1. The molecule has 0 saturated carbocycles. The van der Waals surface area contributed by atoms with Gasteiger partial charge in [-0.25, -0.2) is 18.7 Å². The van der Waals surface area contributed by atoms with E-state index in [-0.39, 0.29) is 42.6 Å². The lowest BCUT2D eigenvalue weighted by molar-refractivity contribution is -0.137. The number of methoxy groups -OCH3 is 1. The highest BCUT2D eigenvalue weighted by molar-refractivity contribution is 5.99. The Labute approximate surface area is 218 Å². The number of carbonyl (C=O) groups excluding carboxylic acids is 2. The number of halogens is 5. The highest BCUT2D eigenvalue weighted by atomic mass is 19.4. The molecular weight excluding hydrogens is 531 g/mol. The van der Waals surface area contributed by atoms with Crippen LogP contribution < -0.4 is 20.7 Å². The number of rotatable bonds is 8. The van der Waals surface area contributed by atoms with Gasteiger partial charge in [0, 0.05) is 31.5 Å². The first-order valence-electron chi connectivity index (χ1n) is 11.3. The van der Waals surface area contributed by atoms with Crippen LogP contribution >= 0.6 is 0 Å². The highest BCUT2D eigenvalue weighted by Gasteiger charge is 2.44. The van der Waals surface area contributed by atoms with Gasteiger partial charge >= 0.3 is 12.2 Å². The Morgan fingerprint density at radius 1 is 1.10 bits per heavy atom. The van der Waals surface area contributed by atoms with Gasteiger partial charge in [-0.1, -0.05) is 0 Å². The molecule has 2 aromatic heterocycles. The summed E-state index contributed by atoms with van der Waals surface area (Å²) >= 11 is 0. The Bertz CT molecular complexity index is 1360. The Balaban J connectivity index is 1.43. The van der Waals surface area contributed by atoms with Crippen LogP contribution in [0.3, 0.4) is 0 Å². The van der Waals surface area contributed by atoms with E-state index in [2.05, 4.69) is 30.9 Å². The van der Waals surface area contributed by atoms with Crippen LogP contribution in [0.5, 0.6) is 6.01 Å². The van der Waals surface area contributed by atoms with Crippen molar-refractivity contribution in [3.63, 3.8) is 0 Å². The van der Waals surface area contributed by atoms with Crippen LogP contribution in [0.25, 0.3) is 0 Å². The molecule has 1 aliphatic heterocycles. The van der Waals surface area contributed by atoms with Gasteiger partial charge in [0.25, 0.3) is 5.91 Å². The molecule has 10 nitrogen and oxygen atoms in total. The first kappa shape index (κ1) is 27.6. The van der Waals surface area contributed by atoms with E-state index in [4.69, 9.17) is 9.47 Å². The third-order valence-electron chi connectivity index (χ3n) is 5.78. The maximum Gasteiger partial charge on any atom is 0.418 e. The Hall–Kier alpha value is -4.40. The summed E-state index contributed by atoms with van der Waals surface area (Å²) in [6, 6.07) is 2.96. The summed E-state index contributed by atoms with van der Waals surface area (Å²) in [5, 5.41) is 7.49. The maximum atomic E-state index is 14.7. The molecular formula is C24H21F5N6O4. The molecule has 206 valence electrons. The number of alkyl halides is 3. The first-order chi connectivity index (χ1) is 18.5. The maximum absolute atomic E-state index is 14.7. The molecule has 1 saturated heterocycles. The lowest BCUT2D eigenvalue weighted by Crippen LogP contribution is -2.59. The number of nitrogens with one attached hydrogen (secondary N) is 3. The average Bonchev–Trinajstić information content (AvgIpc) is 3.38. The quantitative estimate of drug-likeness (QED) is 0.364. The van der Waals surface area contributed by atoms with Gasteiger partial charge < -0.3 is 25.4 Å². The first-order valence-corrected chi connectivity index (χ1v) is 11.3. The van der Waals surface area contributed by atoms with E-state index >= 15 is 0 Å². The van der Waals surface area contributed by atoms with Crippen molar-refractivity contribution in [2.45, 2.75) is 24.7 Å². The van der Waals surface area contributed by atoms with E-state index in [1.54, 1.807) is 0 Å². The number of ether oxygens (including phenoxy) is 2. The number of nitrogens with zero attached hydrogens (tertiary/aromatic N) is 3. The van der Waals surface area contributed by atoms with Crippen molar-refractivity contribution >= 4 is 23.2 Å². The fourth-order valence-corrected chi connectivity index (χ4v) is 3.74. The summed E-state index contributed by atoms with van der Waals surface area (Å²) in [6.07, 6.45) is -1.20. The van der Waals surface area contributed by atoms with Gasteiger partial charge in [0.2, 0.25) is 5.91 Å². The van der Waals surface area contributed by atoms with Crippen molar-refractivity contribution in [1.29, 1.82) is 0 Å². The van der Waals surface area contributed by atoms with Crippen LogP contribution in [-0.4, -0.2) is 52.6 Å². The van der Waals surface area contributed by atoms with Gasteiger partial charge in [-0.05, 0) is 18.2 Å². The topological polar surface area (TPSA) is 127 Å². The van der Waals surface area contributed by atoms with Crippen molar-refractivity contribution < 1.29 is 41.0 Å². The molecule has 3 heterocycles. The summed E-state index contributed by atoms with van der Waals surface area (Å²) in [5.74, 6) is -3.31. The average molecular weight is 552 g/mol. The number of hydrogen-bond donors (Lipinski definition) is 3. The zero-order valence-electron chi connectivity index (χ0n) is 20.2. The van der Waals surface area contributed by atoms with Crippen molar-refractivity contribution in [1.82, 2.24) is 25.6 Å². The van der Waals surface area contributed by atoms with Crippen molar-refractivity contribution in [3.8, 4) is 6.01 Å². The molecule has 1 aromatic carbocycles. The number of hydrogen-bond acceptors (Lipinski definition) is 8. The Morgan fingerprint density at radius 3 is 2.46 bits per heavy atom. The number of benzene rings is 1. The minimum atomic E-state index is -4.85. The zero-order chi connectivity index (χ0) is 28.2. The lowest BCUT2D eigenvalue weighted by Gasteiger charge is -2.27. The van der Waals surface area contributed by atoms with E-state index in [9.17, 15) is 31.5 Å².